The zero-order valence-electron chi connectivity index (χ0n) is 10.4. The molecule has 0 saturated heterocycles. The number of nitrogens with zero attached hydrogens (tertiary/aromatic N) is 1. The van der Waals surface area contributed by atoms with Crippen molar-refractivity contribution >= 4 is 11.3 Å². The van der Waals surface area contributed by atoms with E-state index in [9.17, 15) is 0 Å². The molecule has 1 aromatic heterocycles. The minimum Gasteiger partial charge on any atom is -0.329 e. The van der Waals surface area contributed by atoms with E-state index in [-0.39, 0.29) is 0 Å². The highest BCUT2D eigenvalue weighted by molar-refractivity contribution is 7.12. The largest absolute Gasteiger partial charge is 0.329 e. The van der Waals surface area contributed by atoms with Crippen LogP contribution in [0.1, 0.15) is 29.1 Å². The van der Waals surface area contributed by atoms with Crippen LogP contribution in [0.3, 0.4) is 0 Å². The summed E-state index contributed by atoms with van der Waals surface area (Å²) in [6.07, 6.45) is 1.39. The van der Waals surface area contributed by atoms with Crippen LogP contribution in [0.2, 0.25) is 0 Å². The minimum atomic E-state index is 0.409. The lowest BCUT2D eigenvalue weighted by Gasteiger charge is -2.26. The van der Waals surface area contributed by atoms with Gasteiger partial charge in [0, 0.05) is 22.8 Å². The lowest BCUT2D eigenvalue weighted by Crippen LogP contribution is -2.31. The maximum Gasteiger partial charge on any atom is 0.0562 e. The first-order chi connectivity index (χ1) is 7.61. The molecule has 1 aliphatic rings. The summed E-state index contributed by atoms with van der Waals surface area (Å²) in [6.45, 7) is 6.41. The van der Waals surface area contributed by atoms with Crippen LogP contribution in [0, 0.1) is 18.8 Å². The van der Waals surface area contributed by atoms with Crippen molar-refractivity contribution in [1.82, 2.24) is 4.90 Å². The van der Waals surface area contributed by atoms with E-state index in [4.69, 9.17) is 5.73 Å². The standard InChI is InChI=1S/C13H22N2S/c1-9-6-11(9)8-15(3)12(7-14)13-5-4-10(2)16-13/h4-5,9,11-12H,6-8,14H2,1-3H3. The molecule has 1 saturated carbocycles. The van der Waals surface area contributed by atoms with Crippen molar-refractivity contribution < 1.29 is 0 Å². The van der Waals surface area contributed by atoms with Gasteiger partial charge in [0.1, 0.15) is 0 Å². The Hall–Kier alpha value is -0.380. The first kappa shape index (κ1) is 12.1. The normalized spacial score (nSPS) is 26.1. The van der Waals surface area contributed by atoms with Crippen LogP contribution in [0.25, 0.3) is 0 Å². The molecule has 0 spiro atoms. The average molecular weight is 238 g/mol. The summed E-state index contributed by atoms with van der Waals surface area (Å²) in [6, 6.07) is 4.83. The molecule has 0 bridgehead atoms. The van der Waals surface area contributed by atoms with E-state index in [1.165, 1.54) is 22.7 Å². The summed E-state index contributed by atoms with van der Waals surface area (Å²) < 4.78 is 0. The molecule has 1 aliphatic carbocycles. The molecule has 3 atom stereocenters. The summed E-state index contributed by atoms with van der Waals surface area (Å²) in [5.74, 6) is 1.83. The van der Waals surface area contributed by atoms with Gasteiger partial charge in [-0.1, -0.05) is 6.92 Å². The minimum absolute atomic E-state index is 0.409. The molecule has 1 heterocycles. The fourth-order valence-electron chi connectivity index (χ4n) is 2.30. The fourth-order valence-corrected chi connectivity index (χ4v) is 3.35. The molecule has 3 heteroatoms. The SMILES string of the molecule is Cc1ccc(C(CN)N(C)CC2CC2C)s1. The van der Waals surface area contributed by atoms with Crippen LogP contribution in [0.5, 0.6) is 0 Å². The Morgan fingerprint density at radius 1 is 1.56 bits per heavy atom. The van der Waals surface area contributed by atoms with Crippen molar-refractivity contribution in [2.24, 2.45) is 17.6 Å². The lowest BCUT2D eigenvalue weighted by molar-refractivity contribution is 0.240. The second-order valence-corrected chi connectivity index (χ2v) is 6.43. The number of aryl methyl sites for hydroxylation is 1. The Morgan fingerprint density at radius 3 is 2.69 bits per heavy atom. The topological polar surface area (TPSA) is 29.3 Å². The van der Waals surface area contributed by atoms with Crippen LogP contribution in [-0.4, -0.2) is 25.0 Å². The second-order valence-electron chi connectivity index (χ2n) is 5.11. The van der Waals surface area contributed by atoms with Gasteiger partial charge in [0.15, 0.2) is 0 Å². The number of nitrogens with two attached hydrogens (primary N) is 1. The summed E-state index contributed by atoms with van der Waals surface area (Å²) >= 11 is 1.88. The van der Waals surface area contributed by atoms with Gasteiger partial charge < -0.3 is 5.73 Å². The molecule has 90 valence electrons. The van der Waals surface area contributed by atoms with Gasteiger partial charge in [-0.05, 0) is 44.4 Å². The Kier molecular flexibility index (Phi) is 3.67. The van der Waals surface area contributed by atoms with Crippen molar-refractivity contribution in [3.8, 4) is 0 Å². The molecular weight excluding hydrogens is 216 g/mol. The van der Waals surface area contributed by atoms with E-state index in [1.54, 1.807) is 0 Å². The summed E-state index contributed by atoms with van der Waals surface area (Å²) in [5, 5.41) is 0. The molecule has 0 amide bonds. The number of hydrogen-bond donors (Lipinski definition) is 1. The molecule has 0 aromatic carbocycles. The number of likely N-dealkylation sites (N-methyl/N-ethyl adjacent to an activating group) is 1. The number of thiophene rings is 1. The van der Waals surface area contributed by atoms with Gasteiger partial charge in [-0.3, -0.25) is 4.90 Å². The van der Waals surface area contributed by atoms with Gasteiger partial charge in [0.05, 0.1) is 6.04 Å². The number of hydrogen-bond acceptors (Lipinski definition) is 3. The highest BCUT2D eigenvalue weighted by Crippen LogP contribution is 2.39. The maximum atomic E-state index is 5.91. The van der Waals surface area contributed by atoms with E-state index in [2.05, 4.69) is 37.9 Å². The van der Waals surface area contributed by atoms with Gasteiger partial charge >= 0.3 is 0 Å². The highest BCUT2D eigenvalue weighted by Gasteiger charge is 2.34. The third-order valence-electron chi connectivity index (χ3n) is 3.64. The van der Waals surface area contributed by atoms with Crippen molar-refractivity contribution in [2.45, 2.75) is 26.3 Å². The molecule has 3 unspecified atom stereocenters. The molecule has 2 nitrogen and oxygen atoms in total. The zero-order chi connectivity index (χ0) is 11.7. The Labute approximate surface area is 102 Å². The molecular formula is C13H22N2S. The van der Waals surface area contributed by atoms with Crippen LogP contribution >= 0.6 is 11.3 Å². The fraction of sp³-hybridized carbons (Fsp3) is 0.692. The van der Waals surface area contributed by atoms with E-state index >= 15 is 0 Å². The molecule has 1 aromatic rings. The summed E-state index contributed by atoms with van der Waals surface area (Å²) in [5.41, 5.74) is 5.91. The lowest BCUT2D eigenvalue weighted by atomic mass is 10.2. The van der Waals surface area contributed by atoms with Crippen molar-refractivity contribution in [2.75, 3.05) is 20.1 Å². The third kappa shape index (κ3) is 2.65. The van der Waals surface area contributed by atoms with Crippen LogP contribution in [0.15, 0.2) is 12.1 Å². The van der Waals surface area contributed by atoms with Gasteiger partial charge in [-0.15, -0.1) is 11.3 Å². The van der Waals surface area contributed by atoms with Crippen LogP contribution < -0.4 is 5.73 Å². The van der Waals surface area contributed by atoms with Crippen LogP contribution in [-0.2, 0) is 0 Å². The Bertz CT molecular complexity index is 347. The van der Waals surface area contributed by atoms with Crippen molar-refractivity contribution in [3.63, 3.8) is 0 Å². The Morgan fingerprint density at radius 2 is 2.25 bits per heavy atom. The van der Waals surface area contributed by atoms with Crippen LogP contribution in [0.4, 0.5) is 0 Å². The van der Waals surface area contributed by atoms with E-state index in [0.29, 0.717) is 6.04 Å². The van der Waals surface area contributed by atoms with Gasteiger partial charge in [-0.2, -0.15) is 0 Å². The molecule has 1 fully saturated rings. The quantitative estimate of drug-likeness (QED) is 0.854. The molecule has 16 heavy (non-hydrogen) atoms. The molecule has 0 aliphatic heterocycles. The van der Waals surface area contributed by atoms with Gasteiger partial charge in [0.2, 0.25) is 0 Å². The number of rotatable bonds is 5. The second kappa shape index (κ2) is 4.86. The molecule has 2 rings (SSSR count). The predicted molar refractivity (Wildman–Crippen MR) is 70.8 cm³/mol. The highest BCUT2D eigenvalue weighted by atomic mass is 32.1. The molecule has 2 N–H and O–H groups in total. The monoisotopic (exact) mass is 238 g/mol. The maximum absolute atomic E-state index is 5.91. The van der Waals surface area contributed by atoms with Gasteiger partial charge in [0.25, 0.3) is 0 Å². The van der Waals surface area contributed by atoms with E-state index in [0.717, 1.165) is 18.4 Å². The zero-order valence-corrected chi connectivity index (χ0v) is 11.3. The first-order valence-electron chi connectivity index (χ1n) is 6.08. The van der Waals surface area contributed by atoms with E-state index in [1.807, 2.05) is 11.3 Å². The smallest absolute Gasteiger partial charge is 0.0562 e. The third-order valence-corrected chi connectivity index (χ3v) is 4.75. The van der Waals surface area contributed by atoms with E-state index < -0.39 is 0 Å². The predicted octanol–water partition coefficient (Wildman–Crippen LogP) is 2.64. The van der Waals surface area contributed by atoms with Gasteiger partial charge in [-0.25, -0.2) is 0 Å². The first-order valence-corrected chi connectivity index (χ1v) is 6.90. The average Bonchev–Trinajstić information content (AvgIpc) is 2.74. The van der Waals surface area contributed by atoms with Crippen molar-refractivity contribution in [1.29, 1.82) is 0 Å². The summed E-state index contributed by atoms with van der Waals surface area (Å²) in [7, 11) is 2.21. The summed E-state index contributed by atoms with van der Waals surface area (Å²) in [4.78, 5) is 5.22. The molecule has 0 radical (unpaired) electrons. The Balaban J connectivity index is 1.98. The van der Waals surface area contributed by atoms with Crippen molar-refractivity contribution in [3.05, 3.63) is 21.9 Å².